The fourth-order valence-electron chi connectivity index (χ4n) is 3.91. The number of hydrogen-bond acceptors (Lipinski definition) is 6. The van der Waals surface area contributed by atoms with Crippen LogP contribution in [0.25, 0.3) is 10.8 Å². The number of aromatic carboxylic acids is 1. The summed E-state index contributed by atoms with van der Waals surface area (Å²) in [6.45, 7) is 1.30. The third-order valence-electron chi connectivity index (χ3n) is 5.59. The lowest BCUT2D eigenvalue weighted by atomic mass is 9.94. The second-order valence-corrected chi connectivity index (χ2v) is 9.88. The van der Waals surface area contributed by atoms with E-state index in [-0.39, 0.29) is 27.3 Å². The molecule has 4 rings (SSSR count). The van der Waals surface area contributed by atoms with Crippen molar-refractivity contribution in [3.05, 3.63) is 101 Å². The monoisotopic (exact) mass is 544 g/mol. The molecule has 0 saturated heterocycles. The minimum absolute atomic E-state index is 0.0337. The van der Waals surface area contributed by atoms with Crippen LogP contribution in [0.4, 0.5) is 13.2 Å². The van der Waals surface area contributed by atoms with Crippen LogP contribution in [0.5, 0.6) is 5.75 Å². The predicted octanol–water partition coefficient (Wildman–Crippen LogP) is 5.10. The van der Waals surface area contributed by atoms with Gasteiger partial charge in [-0.15, -0.1) is 13.2 Å². The van der Waals surface area contributed by atoms with E-state index in [1.807, 2.05) is 0 Å². The molecule has 0 radical (unpaired) electrons. The van der Waals surface area contributed by atoms with E-state index in [1.165, 1.54) is 25.3 Å². The zero-order valence-electron chi connectivity index (χ0n) is 19.6. The van der Waals surface area contributed by atoms with Crippen molar-refractivity contribution >= 4 is 32.5 Å². The quantitative estimate of drug-likeness (QED) is 0.296. The third-order valence-corrected chi connectivity index (χ3v) is 7.02. The smallest absolute Gasteiger partial charge is 0.478 e. The summed E-state index contributed by atoms with van der Waals surface area (Å²) in [5, 5.41) is 10.2. The van der Waals surface area contributed by atoms with E-state index in [9.17, 15) is 31.2 Å². The summed E-state index contributed by atoms with van der Waals surface area (Å²) in [6.07, 6.45) is -3.46. The van der Waals surface area contributed by atoms with E-state index in [0.29, 0.717) is 10.8 Å². The highest BCUT2D eigenvalue weighted by Crippen LogP contribution is 2.32. The van der Waals surface area contributed by atoms with Crippen LogP contribution >= 0.6 is 0 Å². The highest BCUT2D eigenvalue weighted by Gasteiger charge is 2.32. The molecule has 3 aromatic carbocycles. The summed E-state index contributed by atoms with van der Waals surface area (Å²) in [4.78, 5) is 28.0. The second kappa shape index (κ2) is 10.2. The molecule has 0 aliphatic heterocycles. The minimum Gasteiger partial charge on any atom is -0.478 e. The van der Waals surface area contributed by atoms with Crippen LogP contribution < -0.4 is 9.46 Å². The fourth-order valence-corrected chi connectivity index (χ4v) is 5.10. The molecule has 4 aromatic rings. The van der Waals surface area contributed by atoms with Crippen LogP contribution in [-0.4, -0.2) is 36.6 Å². The Balaban J connectivity index is 1.85. The Bertz CT molecular complexity index is 1620. The molecule has 38 heavy (non-hydrogen) atoms. The van der Waals surface area contributed by atoms with Crippen molar-refractivity contribution in [3.63, 3.8) is 0 Å². The first kappa shape index (κ1) is 26.8. The molecule has 0 fully saturated rings. The Morgan fingerprint density at radius 1 is 0.974 bits per heavy atom. The van der Waals surface area contributed by atoms with Crippen LogP contribution in [0, 0.1) is 0 Å². The van der Waals surface area contributed by atoms with Gasteiger partial charge in [0.25, 0.3) is 0 Å². The molecule has 8 nitrogen and oxygen atoms in total. The number of carbonyl (C=O) groups is 2. The van der Waals surface area contributed by atoms with Crippen LogP contribution in [0.3, 0.4) is 0 Å². The number of halogens is 3. The fraction of sp³-hybridized carbons (Fsp3) is 0.115. The average molecular weight is 545 g/mol. The maximum absolute atomic E-state index is 13.3. The molecule has 0 aliphatic rings. The molecule has 0 aliphatic carbocycles. The molecule has 1 aromatic heterocycles. The van der Waals surface area contributed by atoms with Gasteiger partial charge in [-0.05, 0) is 54.3 Å². The third kappa shape index (κ3) is 5.82. The summed E-state index contributed by atoms with van der Waals surface area (Å²) in [7, 11) is -4.34. The molecular weight excluding hydrogens is 525 g/mol. The molecule has 0 spiro atoms. The van der Waals surface area contributed by atoms with Gasteiger partial charge in [-0.2, -0.15) is 4.72 Å². The molecule has 0 amide bonds. The maximum atomic E-state index is 13.3. The van der Waals surface area contributed by atoms with Gasteiger partial charge in [0.2, 0.25) is 10.0 Å². The Morgan fingerprint density at radius 2 is 1.61 bits per heavy atom. The number of ether oxygens (including phenoxy) is 1. The van der Waals surface area contributed by atoms with E-state index in [0.717, 1.165) is 36.4 Å². The van der Waals surface area contributed by atoms with E-state index in [1.54, 1.807) is 24.3 Å². The number of carbonyl (C=O) groups excluding carboxylic acids is 1. The Hall–Kier alpha value is -4.29. The first-order valence-corrected chi connectivity index (χ1v) is 12.4. The number of carboxylic acids is 1. The van der Waals surface area contributed by atoms with Gasteiger partial charge in [0, 0.05) is 17.1 Å². The Morgan fingerprint density at radius 3 is 2.18 bits per heavy atom. The number of Topliss-reactive ketones (excluding diaryl/α,β-unsaturated/α-hetero) is 1. The molecule has 1 unspecified atom stereocenters. The number of nitrogens with zero attached hydrogens (tertiary/aromatic N) is 1. The van der Waals surface area contributed by atoms with Crippen LogP contribution in [0.2, 0.25) is 0 Å². The first-order chi connectivity index (χ1) is 17.9. The van der Waals surface area contributed by atoms with Crippen molar-refractivity contribution in [2.75, 3.05) is 0 Å². The number of rotatable bonds is 8. The largest absolute Gasteiger partial charge is 0.573 e. The van der Waals surface area contributed by atoms with E-state index in [2.05, 4.69) is 14.4 Å². The van der Waals surface area contributed by atoms with Crippen molar-refractivity contribution in [2.45, 2.75) is 24.2 Å². The lowest BCUT2D eigenvalue weighted by Crippen LogP contribution is -2.31. The standard InChI is InChI=1S/C26H19F3N2O6S/c1-15(32)22-21-5-3-2-4-18(21)14-30-24(22)23(16-6-10-19(11-7-16)37-26(27,28)29)31-38(35,36)20-12-8-17(9-13-20)25(33)34/h2-14,23,31H,1H3,(H,33,34). The summed E-state index contributed by atoms with van der Waals surface area (Å²) < 4.78 is 71.0. The van der Waals surface area contributed by atoms with Gasteiger partial charge in [-0.3, -0.25) is 9.78 Å². The number of pyridine rings is 1. The van der Waals surface area contributed by atoms with Gasteiger partial charge in [0.1, 0.15) is 5.75 Å². The summed E-state index contributed by atoms with van der Waals surface area (Å²) >= 11 is 0. The number of sulfonamides is 1. The summed E-state index contributed by atoms with van der Waals surface area (Å²) in [5.74, 6) is -2.17. The number of fused-ring (bicyclic) bond motifs is 1. The number of benzene rings is 3. The number of hydrogen-bond donors (Lipinski definition) is 2. The van der Waals surface area contributed by atoms with Gasteiger partial charge in [0.15, 0.2) is 5.78 Å². The number of nitrogens with one attached hydrogen (secondary N) is 1. The highest BCUT2D eigenvalue weighted by molar-refractivity contribution is 7.89. The van der Waals surface area contributed by atoms with Crippen molar-refractivity contribution in [3.8, 4) is 5.75 Å². The molecule has 0 saturated carbocycles. The van der Waals surface area contributed by atoms with E-state index >= 15 is 0 Å². The topological polar surface area (TPSA) is 123 Å². The van der Waals surface area contributed by atoms with Crippen molar-refractivity contribution in [1.29, 1.82) is 0 Å². The van der Waals surface area contributed by atoms with Gasteiger partial charge in [-0.25, -0.2) is 13.2 Å². The van der Waals surface area contributed by atoms with E-state index in [4.69, 9.17) is 5.11 Å². The van der Waals surface area contributed by atoms with Gasteiger partial charge < -0.3 is 9.84 Å². The van der Waals surface area contributed by atoms with Crippen molar-refractivity contribution in [2.24, 2.45) is 0 Å². The SMILES string of the molecule is CC(=O)c1c(C(NS(=O)(=O)c2ccc(C(=O)O)cc2)c2ccc(OC(F)(F)F)cc2)ncc2ccccc12. The maximum Gasteiger partial charge on any atom is 0.573 e. The molecule has 1 atom stereocenters. The lowest BCUT2D eigenvalue weighted by Gasteiger charge is -2.22. The van der Waals surface area contributed by atoms with Gasteiger partial charge >= 0.3 is 12.3 Å². The molecular formula is C26H19F3N2O6S. The van der Waals surface area contributed by atoms with Crippen molar-refractivity contribution < 1.29 is 41.0 Å². The Kier molecular flexibility index (Phi) is 7.20. The molecule has 0 bridgehead atoms. The second-order valence-electron chi connectivity index (χ2n) is 8.16. The number of alkyl halides is 3. The highest BCUT2D eigenvalue weighted by atomic mass is 32.2. The zero-order chi connectivity index (χ0) is 27.7. The number of aromatic nitrogens is 1. The summed E-state index contributed by atoms with van der Waals surface area (Å²) in [5.41, 5.74) is 0.213. The molecule has 12 heteroatoms. The van der Waals surface area contributed by atoms with Crippen LogP contribution in [0.1, 0.15) is 44.9 Å². The van der Waals surface area contributed by atoms with Gasteiger partial charge in [-0.1, -0.05) is 36.4 Å². The zero-order valence-corrected chi connectivity index (χ0v) is 20.4. The molecule has 196 valence electrons. The summed E-state index contributed by atoms with van der Waals surface area (Å²) in [6, 6.07) is 14.5. The van der Waals surface area contributed by atoms with Crippen LogP contribution in [0.15, 0.2) is 83.9 Å². The normalized spacial score (nSPS) is 12.7. The van der Waals surface area contributed by atoms with Gasteiger partial charge in [0.05, 0.1) is 22.2 Å². The van der Waals surface area contributed by atoms with Crippen molar-refractivity contribution in [1.82, 2.24) is 9.71 Å². The van der Waals surface area contributed by atoms with E-state index < -0.39 is 39.9 Å². The number of ketones is 1. The molecule has 1 heterocycles. The Labute approximate surface area is 214 Å². The number of carboxylic acid groups (broad SMARTS) is 1. The average Bonchev–Trinajstić information content (AvgIpc) is 2.86. The van der Waals surface area contributed by atoms with Crippen LogP contribution in [-0.2, 0) is 10.0 Å². The predicted molar refractivity (Wildman–Crippen MR) is 130 cm³/mol. The first-order valence-electron chi connectivity index (χ1n) is 11.0. The lowest BCUT2D eigenvalue weighted by molar-refractivity contribution is -0.274. The molecule has 2 N–H and O–H groups in total. The minimum atomic E-state index is -4.92.